The summed E-state index contributed by atoms with van der Waals surface area (Å²) in [5, 5.41) is 2.99. The van der Waals surface area contributed by atoms with Gasteiger partial charge in [-0.3, -0.25) is 4.79 Å². The smallest absolute Gasteiger partial charge is 0.343 e. The number of hydrogen-bond acceptors (Lipinski definition) is 5. The number of rotatable bonds is 7. The highest BCUT2D eigenvalue weighted by atomic mass is 35.5. The van der Waals surface area contributed by atoms with Crippen LogP contribution in [0.4, 0.5) is 5.69 Å². The number of carbonyl (C=O) groups excluding carboxylic acids is 2. The van der Waals surface area contributed by atoms with Crippen LogP contribution in [0.25, 0.3) is 0 Å². The molecular weight excluding hydrogens is 308 g/mol. The van der Waals surface area contributed by atoms with Crippen LogP contribution in [0.5, 0.6) is 5.75 Å². The number of carbonyl (C=O) groups is 2. The summed E-state index contributed by atoms with van der Waals surface area (Å²) in [5.74, 6) is -0.463. The first-order valence-electron chi connectivity index (χ1n) is 6.89. The zero-order chi connectivity index (χ0) is 16.8. The molecule has 0 aliphatic rings. The van der Waals surface area contributed by atoms with Gasteiger partial charge < -0.3 is 20.5 Å². The Hall–Kier alpha value is -1.79. The third kappa shape index (κ3) is 5.20. The molecule has 22 heavy (non-hydrogen) atoms. The van der Waals surface area contributed by atoms with Crippen LogP contribution in [-0.4, -0.2) is 31.1 Å². The molecule has 1 unspecified atom stereocenters. The maximum atomic E-state index is 12.1. The van der Waals surface area contributed by atoms with Crippen molar-refractivity contribution in [2.75, 3.05) is 19.0 Å². The van der Waals surface area contributed by atoms with E-state index < -0.39 is 11.5 Å². The Balaban J connectivity index is 2.73. The Kier molecular flexibility index (Phi) is 6.64. The first-order chi connectivity index (χ1) is 10.3. The van der Waals surface area contributed by atoms with Gasteiger partial charge in [-0.15, -0.1) is 0 Å². The van der Waals surface area contributed by atoms with Crippen molar-refractivity contribution in [2.45, 2.75) is 32.2 Å². The lowest BCUT2D eigenvalue weighted by molar-refractivity contribution is -0.142. The van der Waals surface area contributed by atoms with Gasteiger partial charge in [0.15, 0.2) is 6.61 Å². The number of hydrogen-bond donors (Lipinski definition) is 2. The second-order valence-corrected chi connectivity index (χ2v) is 5.54. The minimum absolute atomic E-state index is 0.237. The van der Waals surface area contributed by atoms with Gasteiger partial charge in [0, 0.05) is 5.69 Å². The summed E-state index contributed by atoms with van der Waals surface area (Å²) in [7, 11) is 1.27. The summed E-state index contributed by atoms with van der Waals surface area (Å²) in [4.78, 5) is 23.1. The summed E-state index contributed by atoms with van der Waals surface area (Å²) in [6.07, 6.45) is 1.38. The minimum Gasteiger partial charge on any atom is -0.480 e. The lowest BCUT2D eigenvalue weighted by atomic mass is 9.96. The van der Waals surface area contributed by atoms with Crippen molar-refractivity contribution in [2.24, 2.45) is 5.73 Å². The maximum Gasteiger partial charge on any atom is 0.343 e. The Morgan fingerprint density at radius 2 is 2.09 bits per heavy atom. The van der Waals surface area contributed by atoms with Gasteiger partial charge in [0.25, 0.3) is 0 Å². The SMILES string of the molecule is CCCC(C)(N)C(=O)Nc1ccc(OCC(=O)OC)c(Cl)c1. The van der Waals surface area contributed by atoms with Crippen LogP contribution < -0.4 is 15.8 Å². The molecule has 0 aromatic heterocycles. The summed E-state index contributed by atoms with van der Waals surface area (Å²) < 4.78 is 9.68. The topological polar surface area (TPSA) is 90.7 Å². The number of nitrogens with one attached hydrogen (secondary N) is 1. The molecule has 1 amide bonds. The molecule has 0 saturated heterocycles. The van der Waals surface area contributed by atoms with E-state index in [4.69, 9.17) is 22.1 Å². The average Bonchev–Trinajstić information content (AvgIpc) is 2.45. The van der Waals surface area contributed by atoms with Gasteiger partial charge in [-0.05, 0) is 31.5 Å². The van der Waals surface area contributed by atoms with Crippen molar-refractivity contribution in [1.29, 1.82) is 0 Å². The predicted molar refractivity (Wildman–Crippen MR) is 85.1 cm³/mol. The molecule has 0 radical (unpaired) electrons. The Morgan fingerprint density at radius 1 is 1.41 bits per heavy atom. The fourth-order valence-electron chi connectivity index (χ4n) is 1.80. The Labute approximate surface area is 134 Å². The van der Waals surface area contributed by atoms with Crippen LogP contribution in [0, 0.1) is 0 Å². The molecule has 1 rings (SSSR count). The highest BCUT2D eigenvalue weighted by molar-refractivity contribution is 6.32. The van der Waals surface area contributed by atoms with E-state index in [1.807, 2.05) is 6.92 Å². The molecule has 1 atom stereocenters. The van der Waals surface area contributed by atoms with Crippen molar-refractivity contribution in [3.63, 3.8) is 0 Å². The fraction of sp³-hybridized carbons (Fsp3) is 0.467. The number of amides is 1. The molecule has 1 aromatic rings. The molecule has 0 heterocycles. The van der Waals surface area contributed by atoms with E-state index in [9.17, 15) is 9.59 Å². The van der Waals surface area contributed by atoms with Crippen molar-refractivity contribution in [3.05, 3.63) is 23.2 Å². The van der Waals surface area contributed by atoms with Crippen LogP contribution in [0.2, 0.25) is 5.02 Å². The van der Waals surface area contributed by atoms with Gasteiger partial charge in [-0.2, -0.15) is 0 Å². The quantitative estimate of drug-likeness (QED) is 0.750. The van der Waals surface area contributed by atoms with Gasteiger partial charge in [0.1, 0.15) is 5.75 Å². The molecule has 6 nitrogen and oxygen atoms in total. The number of methoxy groups -OCH3 is 1. The minimum atomic E-state index is -0.943. The van der Waals surface area contributed by atoms with Crippen molar-refractivity contribution >= 4 is 29.2 Å². The van der Waals surface area contributed by atoms with Crippen molar-refractivity contribution in [1.82, 2.24) is 0 Å². The molecule has 0 bridgehead atoms. The standard InChI is InChI=1S/C15H21ClN2O4/c1-4-7-15(2,17)14(20)18-10-5-6-12(11(16)8-10)22-9-13(19)21-3/h5-6,8H,4,7,9,17H2,1-3H3,(H,18,20). The van der Waals surface area contributed by atoms with Crippen LogP contribution in [0.3, 0.4) is 0 Å². The van der Waals surface area contributed by atoms with Gasteiger partial charge in [-0.1, -0.05) is 24.9 Å². The molecule has 0 fully saturated rings. The van der Waals surface area contributed by atoms with Crippen LogP contribution >= 0.6 is 11.6 Å². The second kappa shape index (κ2) is 8.00. The molecule has 0 saturated carbocycles. The number of benzene rings is 1. The van der Waals surface area contributed by atoms with E-state index in [2.05, 4.69) is 10.1 Å². The summed E-state index contributed by atoms with van der Waals surface area (Å²) >= 11 is 6.06. The highest BCUT2D eigenvalue weighted by Crippen LogP contribution is 2.28. The number of nitrogens with two attached hydrogens (primary N) is 1. The highest BCUT2D eigenvalue weighted by Gasteiger charge is 2.27. The van der Waals surface area contributed by atoms with Gasteiger partial charge in [0.2, 0.25) is 5.91 Å². The Bertz CT molecular complexity index is 546. The first kappa shape index (κ1) is 18.3. The molecule has 0 spiro atoms. The van der Waals surface area contributed by atoms with E-state index in [1.165, 1.54) is 13.2 Å². The molecule has 7 heteroatoms. The average molecular weight is 329 g/mol. The molecule has 0 aliphatic heterocycles. The molecule has 122 valence electrons. The monoisotopic (exact) mass is 328 g/mol. The normalized spacial score (nSPS) is 13.1. The van der Waals surface area contributed by atoms with Crippen molar-refractivity contribution in [3.8, 4) is 5.75 Å². The van der Waals surface area contributed by atoms with E-state index in [0.717, 1.165) is 6.42 Å². The maximum absolute atomic E-state index is 12.1. The zero-order valence-electron chi connectivity index (χ0n) is 12.9. The molecule has 0 aliphatic carbocycles. The second-order valence-electron chi connectivity index (χ2n) is 5.13. The van der Waals surface area contributed by atoms with Crippen LogP contribution in [0.1, 0.15) is 26.7 Å². The van der Waals surface area contributed by atoms with E-state index in [-0.39, 0.29) is 17.5 Å². The van der Waals surface area contributed by atoms with E-state index in [0.29, 0.717) is 17.9 Å². The number of esters is 1. The first-order valence-corrected chi connectivity index (χ1v) is 7.27. The third-order valence-electron chi connectivity index (χ3n) is 3.05. The number of anilines is 1. The van der Waals surface area contributed by atoms with E-state index >= 15 is 0 Å². The molecule has 1 aromatic carbocycles. The predicted octanol–water partition coefficient (Wildman–Crippen LogP) is 2.35. The van der Waals surface area contributed by atoms with Crippen molar-refractivity contribution < 1.29 is 19.1 Å². The van der Waals surface area contributed by atoms with Gasteiger partial charge in [-0.25, -0.2) is 4.79 Å². The zero-order valence-corrected chi connectivity index (χ0v) is 13.7. The molecule has 3 N–H and O–H groups in total. The van der Waals surface area contributed by atoms with Crippen LogP contribution in [-0.2, 0) is 14.3 Å². The summed E-state index contributed by atoms with van der Waals surface area (Å²) in [6, 6.07) is 4.72. The van der Waals surface area contributed by atoms with Gasteiger partial charge >= 0.3 is 5.97 Å². The lowest BCUT2D eigenvalue weighted by Crippen LogP contribution is -2.48. The number of ether oxygens (including phenoxy) is 2. The largest absolute Gasteiger partial charge is 0.480 e. The molecular formula is C15H21ClN2O4. The number of halogens is 1. The van der Waals surface area contributed by atoms with Gasteiger partial charge in [0.05, 0.1) is 17.7 Å². The summed E-state index contributed by atoms with van der Waals surface area (Å²) in [6.45, 7) is 3.41. The lowest BCUT2D eigenvalue weighted by Gasteiger charge is -2.23. The Morgan fingerprint density at radius 3 is 2.64 bits per heavy atom. The fourth-order valence-corrected chi connectivity index (χ4v) is 2.03. The third-order valence-corrected chi connectivity index (χ3v) is 3.35. The summed E-state index contributed by atoms with van der Waals surface area (Å²) in [5.41, 5.74) is 5.53. The van der Waals surface area contributed by atoms with E-state index in [1.54, 1.807) is 19.1 Å². The van der Waals surface area contributed by atoms with Crippen LogP contribution in [0.15, 0.2) is 18.2 Å².